The van der Waals surface area contributed by atoms with Gasteiger partial charge >= 0.3 is 167 Å². The van der Waals surface area contributed by atoms with E-state index in [4.69, 9.17) is 9.47 Å². The molecule has 0 fully saturated rings. The van der Waals surface area contributed by atoms with Gasteiger partial charge in [-0.1, -0.05) is 0 Å². The van der Waals surface area contributed by atoms with Crippen LogP contribution in [-0.2, 0) is 11.3 Å². The van der Waals surface area contributed by atoms with E-state index in [1.165, 1.54) is 9.14 Å². The molecule has 28 heavy (non-hydrogen) atoms. The summed E-state index contributed by atoms with van der Waals surface area (Å²) in [5.74, 6) is 0.649. The molecule has 0 amide bonds. The fraction of sp³-hybridized carbons (Fsp3) is 0.238. The number of pyridine rings is 1. The molecule has 1 aliphatic rings. The average Bonchev–Trinajstić information content (AvgIpc) is 3.35. The van der Waals surface area contributed by atoms with Crippen molar-refractivity contribution in [1.29, 1.82) is 0 Å². The zero-order valence-corrected chi connectivity index (χ0v) is 19.9. The second kappa shape index (κ2) is 8.91. The Hall–Kier alpha value is -1.46. The predicted molar refractivity (Wildman–Crippen MR) is 114 cm³/mol. The fourth-order valence-corrected chi connectivity index (χ4v) is 5.63. The van der Waals surface area contributed by atoms with Crippen LogP contribution in [0.5, 0.6) is 5.88 Å². The molecule has 5 nitrogen and oxygen atoms in total. The first-order valence-electron chi connectivity index (χ1n) is 8.97. The van der Waals surface area contributed by atoms with Gasteiger partial charge in [0.15, 0.2) is 0 Å². The van der Waals surface area contributed by atoms with Crippen LogP contribution in [0.1, 0.15) is 18.1 Å². The normalized spacial score (nSPS) is 15.5. The Bertz CT molecular complexity index is 1020. The Labute approximate surface area is 184 Å². The number of halogens is 2. The van der Waals surface area contributed by atoms with Crippen LogP contribution in [0.3, 0.4) is 0 Å². The predicted octanol–water partition coefficient (Wildman–Crippen LogP) is 1.41. The van der Waals surface area contributed by atoms with E-state index in [1.54, 1.807) is 7.11 Å². The summed E-state index contributed by atoms with van der Waals surface area (Å²) in [7, 11) is 1.67. The molecule has 1 aliphatic carbocycles. The van der Waals surface area contributed by atoms with Crippen molar-refractivity contribution in [3.63, 3.8) is 0 Å². The summed E-state index contributed by atoms with van der Waals surface area (Å²) in [5.41, 5.74) is 5.60. The monoisotopic (exact) mass is 600 g/mol. The molecule has 0 spiro atoms. The molecule has 7 heteroatoms. The molecule has 3 aromatic rings. The molecule has 0 bridgehead atoms. The van der Waals surface area contributed by atoms with Crippen LogP contribution in [0.2, 0.25) is 0 Å². The quantitative estimate of drug-likeness (QED) is 0.368. The number of hydrogen-bond donors (Lipinski definition) is 0. The van der Waals surface area contributed by atoms with Gasteiger partial charge in [-0.05, 0) is 6.92 Å². The molecular weight excluding hydrogens is 580 g/mol. The summed E-state index contributed by atoms with van der Waals surface area (Å²) >= 11 is 2.50. The maximum atomic E-state index is 5.60. The number of benzene rings is 1. The van der Waals surface area contributed by atoms with Crippen LogP contribution in [0.25, 0.3) is 16.7 Å². The number of rotatable bonds is 8. The molecule has 4 rings (SSSR count). The van der Waals surface area contributed by atoms with Crippen LogP contribution in [-0.4, -0.2) is 34.6 Å². The van der Waals surface area contributed by atoms with Crippen molar-refractivity contribution < 1.29 is 26.7 Å². The SMILES string of the molecule is CCOC1C=C1c1cnn(Cc2cnc(OC)c(-c3cccc([I-]I)c3)c2)c1. The van der Waals surface area contributed by atoms with E-state index < -0.39 is 0 Å². The van der Waals surface area contributed by atoms with Crippen LogP contribution in [0.4, 0.5) is 0 Å². The Morgan fingerprint density at radius 2 is 2.11 bits per heavy atom. The van der Waals surface area contributed by atoms with Crippen molar-refractivity contribution in [1.82, 2.24) is 14.8 Å². The molecule has 0 radical (unpaired) electrons. The van der Waals surface area contributed by atoms with E-state index in [9.17, 15) is 0 Å². The van der Waals surface area contributed by atoms with Crippen LogP contribution in [0.15, 0.2) is 55.0 Å². The van der Waals surface area contributed by atoms with Gasteiger partial charge in [-0.3, -0.25) is 0 Å². The van der Waals surface area contributed by atoms with Gasteiger partial charge in [0.25, 0.3) is 0 Å². The van der Waals surface area contributed by atoms with Crippen LogP contribution >= 0.6 is 18.6 Å². The molecule has 0 saturated heterocycles. The Morgan fingerprint density at radius 1 is 1.21 bits per heavy atom. The first-order valence-corrected chi connectivity index (χ1v) is 16.3. The van der Waals surface area contributed by atoms with Crippen molar-refractivity contribution in [3.05, 3.63) is 69.7 Å². The number of methoxy groups -OCH3 is 1. The first-order chi connectivity index (χ1) is 13.7. The fourth-order valence-electron chi connectivity index (χ4n) is 3.13. The molecule has 1 atom stereocenters. The van der Waals surface area contributed by atoms with Gasteiger partial charge in [0.2, 0.25) is 0 Å². The first kappa shape index (κ1) is 19.8. The number of ether oxygens (including phenoxy) is 2. The molecule has 2 aromatic heterocycles. The molecule has 2 heterocycles. The molecule has 0 saturated carbocycles. The summed E-state index contributed by atoms with van der Waals surface area (Å²) in [6.45, 7) is 3.40. The van der Waals surface area contributed by atoms with Crippen LogP contribution < -0.4 is 22.0 Å². The van der Waals surface area contributed by atoms with E-state index in [0.29, 0.717) is 12.4 Å². The van der Waals surface area contributed by atoms with Gasteiger partial charge in [0.1, 0.15) is 0 Å². The van der Waals surface area contributed by atoms with Crippen molar-refractivity contribution in [2.75, 3.05) is 13.7 Å². The number of hydrogen-bond acceptors (Lipinski definition) is 4. The Balaban J connectivity index is 1.56. The van der Waals surface area contributed by atoms with E-state index in [1.807, 2.05) is 24.0 Å². The molecule has 0 N–H and O–H groups in total. The zero-order chi connectivity index (χ0) is 19.5. The standard InChI is InChI=1S/C21H20I2N3O2/c1-3-28-20-9-18(20)16-11-25-26(13-16)12-14-7-19(21(27-2)24-10-14)15-5-4-6-17(8-15)23-22/h4-11,13,20H,3,12H2,1-2H3/q-1. The molecule has 1 aromatic carbocycles. The zero-order valence-electron chi connectivity index (χ0n) is 15.6. The molecule has 0 aliphatic heterocycles. The summed E-state index contributed by atoms with van der Waals surface area (Å²) in [6, 6.07) is 10.8. The van der Waals surface area contributed by atoms with Crippen molar-refractivity contribution in [2.45, 2.75) is 19.6 Å². The van der Waals surface area contributed by atoms with Gasteiger partial charge in [0, 0.05) is 6.61 Å². The third-order valence-corrected chi connectivity index (χ3v) is 8.80. The Kier molecular flexibility index (Phi) is 6.32. The second-order valence-corrected chi connectivity index (χ2v) is 10.8. The summed E-state index contributed by atoms with van der Waals surface area (Å²) in [5, 5.41) is 4.50. The van der Waals surface area contributed by atoms with E-state index in [-0.39, 0.29) is 23.3 Å². The number of aromatic nitrogens is 3. The maximum absolute atomic E-state index is 5.60. The average molecular weight is 600 g/mol. The summed E-state index contributed by atoms with van der Waals surface area (Å²) < 4.78 is 14.4. The molecule has 1 unspecified atom stereocenters. The molecule has 146 valence electrons. The van der Waals surface area contributed by atoms with Crippen molar-refractivity contribution in [3.8, 4) is 17.0 Å². The molecular formula is C21H20I2N3O2-. The second-order valence-electron chi connectivity index (χ2n) is 6.41. The van der Waals surface area contributed by atoms with E-state index in [0.717, 1.165) is 28.9 Å². The number of nitrogens with zero attached hydrogens (tertiary/aromatic N) is 3. The minimum atomic E-state index is 0.0123. The van der Waals surface area contributed by atoms with E-state index >= 15 is 0 Å². The van der Waals surface area contributed by atoms with Crippen molar-refractivity contribution in [2.24, 2.45) is 0 Å². The summed E-state index contributed by atoms with van der Waals surface area (Å²) in [6.07, 6.45) is 8.11. The van der Waals surface area contributed by atoms with Gasteiger partial charge in [-0.25, -0.2) is 0 Å². The summed E-state index contributed by atoms with van der Waals surface area (Å²) in [4.78, 5) is 4.53. The topological polar surface area (TPSA) is 49.2 Å². The van der Waals surface area contributed by atoms with Gasteiger partial charge in [0.05, 0.1) is 0 Å². The van der Waals surface area contributed by atoms with Gasteiger partial charge < -0.3 is 4.74 Å². The van der Waals surface area contributed by atoms with Gasteiger partial charge in [-0.2, -0.15) is 0 Å². The van der Waals surface area contributed by atoms with Crippen molar-refractivity contribution >= 4 is 24.2 Å². The third-order valence-electron chi connectivity index (χ3n) is 4.50. The Morgan fingerprint density at radius 3 is 2.89 bits per heavy atom. The minimum absolute atomic E-state index is 0.0123. The van der Waals surface area contributed by atoms with Gasteiger partial charge in [-0.15, -0.1) is 0 Å². The third kappa shape index (κ3) is 4.41. The van der Waals surface area contributed by atoms with Crippen LogP contribution in [0, 0.1) is 3.57 Å². The van der Waals surface area contributed by atoms with E-state index in [2.05, 4.69) is 71.3 Å².